The Labute approximate surface area is 194 Å². The van der Waals surface area contributed by atoms with Crippen molar-refractivity contribution in [2.24, 2.45) is 0 Å². The van der Waals surface area contributed by atoms with E-state index in [0.29, 0.717) is 48.5 Å². The number of nitrogens with zero attached hydrogens (tertiary/aromatic N) is 7. The Morgan fingerprint density at radius 2 is 1.85 bits per heavy atom. The highest BCUT2D eigenvalue weighted by atomic mass is 19.1. The lowest BCUT2D eigenvalue weighted by molar-refractivity contribution is 0.0392. The molecule has 0 radical (unpaired) electrons. The lowest BCUT2D eigenvalue weighted by Gasteiger charge is -2.32. The Morgan fingerprint density at radius 3 is 2.65 bits per heavy atom. The van der Waals surface area contributed by atoms with E-state index in [1.165, 1.54) is 12.1 Å². The second-order valence-electron chi connectivity index (χ2n) is 8.85. The first-order chi connectivity index (χ1) is 16.5. The standard InChI is InChI=1S/C24H23F2N7O/c1-13-14(2)29-23-22(28-13)21(18-6-3-16(25)9-19(18)26)30-24(31-23)32-7-8-34-20(12-32)15-10-27-33(11-15)17-4-5-17/h3,6,9-11,17,20H,4-5,7-8,12H2,1-2H3/t20-/m0/s1. The van der Waals surface area contributed by atoms with Crippen LogP contribution in [0.4, 0.5) is 14.7 Å². The highest BCUT2D eigenvalue weighted by molar-refractivity contribution is 5.88. The zero-order valence-electron chi connectivity index (χ0n) is 18.9. The largest absolute Gasteiger partial charge is 0.370 e. The summed E-state index contributed by atoms with van der Waals surface area (Å²) in [5.74, 6) is -0.953. The van der Waals surface area contributed by atoms with Gasteiger partial charge in [-0.3, -0.25) is 4.68 Å². The molecule has 1 saturated carbocycles. The fourth-order valence-electron chi connectivity index (χ4n) is 4.20. The zero-order chi connectivity index (χ0) is 23.4. The monoisotopic (exact) mass is 463 g/mol. The Kier molecular flexibility index (Phi) is 4.98. The molecule has 1 saturated heterocycles. The molecule has 34 heavy (non-hydrogen) atoms. The van der Waals surface area contributed by atoms with Crippen LogP contribution in [0.3, 0.4) is 0 Å². The first-order valence-corrected chi connectivity index (χ1v) is 11.4. The molecule has 6 rings (SSSR count). The molecule has 10 heteroatoms. The molecule has 0 spiro atoms. The number of rotatable bonds is 4. The molecule has 1 aliphatic heterocycles. The summed E-state index contributed by atoms with van der Waals surface area (Å²) in [5, 5.41) is 4.48. The molecule has 0 amide bonds. The maximum Gasteiger partial charge on any atom is 0.228 e. The van der Waals surface area contributed by atoms with Crippen LogP contribution in [0.15, 0.2) is 30.6 Å². The van der Waals surface area contributed by atoms with Crippen molar-refractivity contribution in [2.45, 2.75) is 38.8 Å². The summed E-state index contributed by atoms with van der Waals surface area (Å²) < 4.78 is 36.4. The molecule has 1 aromatic carbocycles. The predicted molar refractivity (Wildman–Crippen MR) is 121 cm³/mol. The molecule has 174 valence electrons. The molecule has 1 aliphatic carbocycles. The minimum Gasteiger partial charge on any atom is -0.370 e. The molecule has 3 aromatic heterocycles. The third kappa shape index (κ3) is 3.77. The molecular weight excluding hydrogens is 440 g/mol. The van der Waals surface area contributed by atoms with Crippen molar-refractivity contribution in [3.8, 4) is 11.3 Å². The topological polar surface area (TPSA) is 81.9 Å². The Bertz CT molecular complexity index is 1400. The van der Waals surface area contributed by atoms with Gasteiger partial charge in [-0.25, -0.2) is 23.7 Å². The van der Waals surface area contributed by atoms with Crippen molar-refractivity contribution < 1.29 is 13.5 Å². The summed E-state index contributed by atoms with van der Waals surface area (Å²) in [6, 6.07) is 3.93. The number of hydrogen-bond acceptors (Lipinski definition) is 7. The van der Waals surface area contributed by atoms with E-state index >= 15 is 0 Å². The van der Waals surface area contributed by atoms with Crippen LogP contribution < -0.4 is 4.90 Å². The average molecular weight is 463 g/mol. The fraction of sp³-hybridized carbons (Fsp3) is 0.375. The maximum absolute atomic E-state index is 14.8. The van der Waals surface area contributed by atoms with Gasteiger partial charge in [0.15, 0.2) is 5.65 Å². The summed E-state index contributed by atoms with van der Waals surface area (Å²) in [7, 11) is 0. The average Bonchev–Trinajstić information content (AvgIpc) is 3.56. The van der Waals surface area contributed by atoms with Gasteiger partial charge in [0.2, 0.25) is 5.95 Å². The Balaban J connectivity index is 1.41. The lowest BCUT2D eigenvalue weighted by Crippen LogP contribution is -2.39. The van der Waals surface area contributed by atoms with Crippen LogP contribution in [0.25, 0.3) is 22.4 Å². The normalized spacial score (nSPS) is 18.6. The molecule has 0 N–H and O–H groups in total. The molecular formula is C24H23F2N7O. The van der Waals surface area contributed by atoms with E-state index in [1.54, 1.807) is 0 Å². The summed E-state index contributed by atoms with van der Waals surface area (Å²) in [4.78, 5) is 20.6. The van der Waals surface area contributed by atoms with E-state index < -0.39 is 11.6 Å². The van der Waals surface area contributed by atoms with Gasteiger partial charge < -0.3 is 9.64 Å². The summed E-state index contributed by atoms with van der Waals surface area (Å²) in [5.41, 5.74) is 3.64. The number of aryl methyl sites for hydroxylation is 2. The quantitative estimate of drug-likeness (QED) is 0.451. The number of hydrogen-bond donors (Lipinski definition) is 0. The number of anilines is 1. The molecule has 2 fully saturated rings. The van der Waals surface area contributed by atoms with E-state index in [4.69, 9.17) is 9.72 Å². The minimum atomic E-state index is -0.710. The van der Waals surface area contributed by atoms with E-state index in [2.05, 4.69) is 20.1 Å². The number of benzene rings is 1. The second-order valence-corrected chi connectivity index (χ2v) is 8.85. The van der Waals surface area contributed by atoms with Crippen molar-refractivity contribution in [3.05, 3.63) is 59.2 Å². The summed E-state index contributed by atoms with van der Waals surface area (Å²) in [6.07, 6.45) is 6.03. The van der Waals surface area contributed by atoms with Gasteiger partial charge >= 0.3 is 0 Å². The Morgan fingerprint density at radius 1 is 1.03 bits per heavy atom. The molecule has 0 unspecified atom stereocenters. The first kappa shape index (κ1) is 21.0. The second kappa shape index (κ2) is 8.05. The molecule has 2 aliphatic rings. The van der Waals surface area contributed by atoms with Crippen LogP contribution in [0.5, 0.6) is 0 Å². The number of morpholine rings is 1. The van der Waals surface area contributed by atoms with E-state index in [9.17, 15) is 8.78 Å². The van der Waals surface area contributed by atoms with E-state index in [1.807, 2.05) is 35.8 Å². The highest BCUT2D eigenvalue weighted by Gasteiger charge is 2.29. The lowest BCUT2D eigenvalue weighted by atomic mass is 10.1. The number of fused-ring (bicyclic) bond motifs is 1. The van der Waals surface area contributed by atoms with E-state index in [0.717, 1.165) is 30.2 Å². The van der Waals surface area contributed by atoms with Gasteiger partial charge in [0.1, 0.15) is 28.9 Å². The number of ether oxygens (including phenoxy) is 1. The summed E-state index contributed by atoms with van der Waals surface area (Å²) >= 11 is 0. The number of aromatic nitrogens is 6. The smallest absolute Gasteiger partial charge is 0.228 e. The number of halogens is 2. The van der Waals surface area contributed by atoms with Crippen LogP contribution in [0.1, 0.15) is 41.9 Å². The third-order valence-electron chi connectivity index (χ3n) is 6.38. The van der Waals surface area contributed by atoms with Crippen LogP contribution in [0, 0.1) is 25.5 Å². The predicted octanol–water partition coefficient (Wildman–Crippen LogP) is 4.09. The Hall–Kier alpha value is -3.53. The van der Waals surface area contributed by atoms with E-state index in [-0.39, 0.29) is 17.4 Å². The van der Waals surface area contributed by atoms with Gasteiger partial charge in [-0.05, 0) is 38.8 Å². The SMILES string of the molecule is Cc1nc2nc(N3CCO[C@H](c4cnn(C5CC5)c4)C3)nc(-c3ccc(F)cc3F)c2nc1C. The van der Waals surface area contributed by atoms with Crippen LogP contribution in [-0.2, 0) is 4.74 Å². The van der Waals surface area contributed by atoms with Crippen molar-refractivity contribution in [2.75, 3.05) is 24.6 Å². The van der Waals surface area contributed by atoms with Crippen LogP contribution >= 0.6 is 0 Å². The molecule has 4 heterocycles. The van der Waals surface area contributed by atoms with Gasteiger partial charge in [0.05, 0.1) is 36.8 Å². The molecule has 8 nitrogen and oxygen atoms in total. The minimum absolute atomic E-state index is 0.156. The van der Waals surface area contributed by atoms with Gasteiger partial charge in [0.25, 0.3) is 0 Å². The molecule has 1 atom stereocenters. The molecule has 0 bridgehead atoms. The maximum atomic E-state index is 14.8. The summed E-state index contributed by atoms with van der Waals surface area (Å²) in [6.45, 7) is 5.26. The van der Waals surface area contributed by atoms with Crippen LogP contribution in [-0.4, -0.2) is 49.4 Å². The fourth-order valence-corrected chi connectivity index (χ4v) is 4.20. The molecule has 4 aromatic rings. The third-order valence-corrected chi connectivity index (χ3v) is 6.38. The van der Waals surface area contributed by atoms with Gasteiger partial charge in [0, 0.05) is 29.9 Å². The van der Waals surface area contributed by atoms with Crippen molar-refractivity contribution >= 4 is 17.1 Å². The van der Waals surface area contributed by atoms with Gasteiger partial charge in [-0.2, -0.15) is 10.1 Å². The van der Waals surface area contributed by atoms with Crippen molar-refractivity contribution in [1.29, 1.82) is 0 Å². The van der Waals surface area contributed by atoms with Crippen molar-refractivity contribution in [1.82, 2.24) is 29.7 Å². The van der Waals surface area contributed by atoms with Crippen molar-refractivity contribution in [3.63, 3.8) is 0 Å². The van der Waals surface area contributed by atoms with Gasteiger partial charge in [-0.15, -0.1) is 0 Å². The first-order valence-electron chi connectivity index (χ1n) is 11.4. The zero-order valence-corrected chi connectivity index (χ0v) is 18.9. The highest BCUT2D eigenvalue weighted by Crippen LogP contribution is 2.36. The van der Waals surface area contributed by atoms with Gasteiger partial charge in [-0.1, -0.05) is 0 Å². The van der Waals surface area contributed by atoms with Crippen LogP contribution in [0.2, 0.25) is 0 Å².